The Morgan fingerprint density at radius 2 is 2.62 bits per heavy atom. The first-order valence-corrected chi connectivity index (χ1v) is 2.63. The Bertz CT molecular complexity index is 94.7. The van der Waals surface area contributed by atoms with E-state index >= 15 is 0 Å². The molecule has 1 atom stereocenters. The van der Waals surface area contributed by atoms with Crippen LogP contribution in [0.15, 0.2) is 12.8 Å². The summed E-state index contributed by atoms with van der Waals surface area (Å²) in [5.74, 6) is 0. The summed E-state index contributed by atoms with van der Waals surface area (Å²) in [6.07, 6.45) is 1.44. The minimum atomic E-state index is 0.00812. The van der Waals surface area contributed by atoms with E-state index in [9.17, 15) is 0 Å². The normalized spacial score (nSPS) is 34.1. The number of epoxide rings is 1. The average Bonchev–Trinajstić information content (AvgIpc) is 2.45. The van der Waals surface area contributed by atoms with E-state index in [-0.39, 0.29) is 5.60 Å². The topological polar surface area (TPSA) is 21.8 Å². The molecule has 0 aromatic rings. The van der Waals surface area contributed by atoms with E-state index in [1.54, 1.807) is 0 Å². The molecule has 1 saturated heterocycles. The zero-order chi connectivity index (χ0) is 6.04. The van der Waals surface area contributed by atoms with Gasteiger partial charge in [0.15, 0.2) is 0 Å². The van der Waals surface area contributed by atoms with Gasteiger partial charge in [-0.3, -0.25) is 0 Å². The molecule has 1 rings (SSSR count). The molecule has 0 bridgehead atoms. The molecule has 0 radical (unpaired) electrons. The van der Waals surface area contributed by atoms with Crippen LogP contribution in [0.5, 0.6) is 0 Å². The Hall–Kier alpha value is -0.500. The summed E-state index contributed by atoms with van der Waals surface area (Å²) in [6.45, 7) is 6.88. The van der Waals surface area contributed by atoms with Gasteiger partial charge in [-0.15, -0.1) is 0 Å². The van der Waals surface area contributed by atoms with Crippen LogP contribution in [0.25, 0.3) is 0 Å². The molecule has 2 nitrogen and oxygen atoms in total. The Kier molecular flexibility index (Phi) is 1.26. The molecule has 1 fully saturated rings. The molecule has 1 unspecified atom stereocenters. The lowest BCUT2D eigenvalue weighted by Crippen LogP contribution is -2.11. The molecular formula is C6H10O2. The van der Waals surface area contributed by atoms with Crippen LogP contribution >= 0.6 is 0 Å². The molecule has 0 aliphatic carbocycles. The van der Waals surface area contributed by atoms with E-state index in [4.69, 9.17) is 9.47 Å². The smallest absolute Gasteiger partial charge is 0.123 e. The Morgan fingerprint density at radius 3 is 3.00 bits per heavy atom. The maximum atomic E-state index is 5.03. The molecule has 8 heavy (non-hydrogen) atoms. The average molecular weight is 114 g/mol. The largest absolute Gasteiger partial charge is 0.499 e. The maximum absolute atomic E-state index is 5.03. The van der Waals surface area contributed by atoms with Gasteiger partial charge in [0.1, 0.15) is 12.2 Å². The van der Waals surface area contributed by atoms with E-state index in [1.807, 2.05) is 6.92 Å². The highest BCUT2D eigenvalue weighted by molar-refractivity contribution is 4.86. The number of ether oxygens (including phenoxy) is 2. The summed E-state index contributed by atoms with van der Waals surface area (Å²) in [6, 6.07) is 0. The van der Waals surface area contributed by atoms with Gasteiger partial charge in [0.05, 0.1) is 12.9 Å². The molecule has 0 aromatic carbocycles. The van der Waals surface area contributed by atoms with E-state index in [0.29, 0.717) is 6.61 Å². The van der Waals surface area contributed by atoms with Crippen LogP contribution in [0.4, 0.5) is 0 Å². The predicted octanol–water partition coefficient (Wildman–Crippen LogP) is 0.935. The molecule has 2 heteroatoms. The highest BCUT2D eigenvalue weighted by Crippen LogP contribution is 2.25. The van der Waals surface area contributed by atoms with E-state index in [2.05, 4.69) is 6.58 Å². The van der Waals surface area contributed by atoms with Crippen molar-refractivity contribution in [2.75, 3.05) is 13.2 Å². The van der Waals surface area contributed by atoms with Crippen LogP contribution in [0.2, 0.25) is 0 Å². The molecule has 46 valence electrons. The van der Waals surface area contributed by atoms with Crippen molar-refractivity contribution in [2.24, 2.45) is 0 Å². The minimum absolute atomic E-state index is 0.00812. The summed E-state index contributed by atoms with van der Waals surface area (Å²) in [5, 5.41) is 0. The Labute approximate surface area is 49.1 Å². The van der Waals surface area contributed by atoms with Crippen molar-refractivity contribution in [3.63, 3.8) is 0 Å². The number of rotatable bonds is 3. The van der Waals surface area contributed by atoms with Crippen LogP contribution in [0.3, 0.4) is 0 Å². The second-order valence-corrected chi connectivity index (χ2v) is 2.22. The third-order valence-electron chi connectivity index (χ3n) is 1.14. The molecule has 0 saturated carbocycles. The van der Waals surface area contributed by atoms with E-state index in [1.165, 1.54) is 6.26 Å². The second-order valence-electron chi connectivity index (χ2n) is 2.22. The minimum Gasteiger partial charge on any atom is -0.499 e. The van der Waals surface area contributed by atoms with Crippen molar-refractivity contribution in [3.8, 4) is 0 Å². The molecule has 1 aliphatic heterocycles. The molecular weight excluding hydrogens is 104 g/mol. The van der Waals surface area contributed by atoms with Crippen molar-refractivity contribution in [1.29, 1.82) is 0 Å². The lowest BCUT2D eigenvalue weighted by Gasteiger charge is -2.01. The summed E-state index contributed by atoms with van der Waals surface area (Å²) < 4.78 is 9.92. The molecule has 0 spiro atoms. The first-order chi connectivity index (χ1) is 3.77. The van der Waals surface area contributed by atoms with Crippen molar-refractivity contribution in [3.05, 3.63) is 12.8 Å². The molecule has 1 heterocycles. The standard InChI is InChI=1S/C6H10O2/c1-3-7-4-6(2)5-8-6/h3H,1,4-5H2,2H3. The maximum Gasteiger partial charge on any atom is 0.123 e. The second kappa shape index (κ2) is 1.78. The first-order valence-electron chi connectivity index (χ1n) is 2.63. The van der Waals surface area contributed by atoms with Gasteiger partial charge < -0.3 is 9.47 Å². The van der Waals surface area contributed by atoms with Gasteiger partial charge in [-0.05, 0) is 6.92 Å². The monoisotopic (exact) mass is 114 g/mol. The quantitative estimate of drug-likeness (QED) is 0.402. The Morgan fingerprint density at radius 1 is 2.00 bits per heavy atom. The SMILES string of the molecule is C=COCC1(C)CO1. The van der Waals surface area contributed by atoms with Crippen LogP contribution in [0.1, 0.15) is 6.92 Å². The van der Waals surface area contributed by atoms with Crippen LogP contribution in [-0.2, 0) is 9.47 Å². The van der Waals surface area contributed by atoms with Crippen molar-refractivity contribution < 1.29 is 9.47 Å². The van der Waals surface area contributed by atoms with Gasteiger partial charge in [0, 0.05) is 0 Å². The third-order valence-corrected chi connectivity index (χ3v) is 1.14. The zero-order valence-corrected chi connectivity index (χ0v) is 5.02. The fraction of sp³-hybridized carbons (Fsp3) is 0.667. The molecule has 0 aromatic heterocycles. The predicted molar refractivity (Wildman–Crippen MR) is 30.5 cm³/mol. The first kappa shape index (κ1) is 5.63. The van der Waals surface area contributed by atoms with Gasteiger partial charge >= 0.3 is 0 Å². The van der Waals surface area contributed by atoms with Crippen LogP contribution < -0.4 is 0 Å². The molecule has 0 N–H and O–H groups in total. The number of hydrogen-bond donors (Lipinski definition) is 0. The van der Waals surface area contributed by atoms with Crippen LogP contribution in [0, 0.1) is 0 Å². The van der Waals surface area contributed by atoms with Gasteiger partial charge in [0.25, 0.3) is 0 Å². The van der Waals surface area contributed by atoms with Gasteiger partial charge in [0.2, 0.25) is 0 Å². The fourth-order valence-electron chi connectivity index (χ4n) is 0.442. The zero-order valence-electron chi connectivity index (χ0n) is 5.02. The van der Waals surface area contributed by atoms with Crippen molar-refractivity contribution >= 4 is 0 Å². The van der Waals surface area contributed by atoms with Gasteiger partial charge in [-0.1, -0.05) is 6.58 Å². The van der Waals surface area contributed by atoms with E-state index < -0.39 is 0 Å². The van der Waals surface area contributed by atoms with Crippen LogP contribution in [-0.4, -0.2) is 18.8 Å². The highest BCUT2D eigenvalue weighted by atomic mass is 16.6. The summed E-state index contributed by atoms with van der Waals surface area (Å²) in [5.41, 5.74) is 0.00812. The lowest BCUT2D eigenvalue weighted by molar-refractivity contribution is 0.163. The number of hydrogen-bond acceptors (Lipinski definition) is 2. The fourth-order valence-corrected chi connectivity index (χ4v) is 0.442. The van der Waals surface area contributed by atoms with Gasteiger partial charge in [-0.2, -0.15) is 0 Å². The molecule has 1 aliphatic rings. The van der Waals surface area contributed by atoms with Gasteiger partial charge in [-0.25, -0.2) is 0 Å². The van der Waals surface area contributed by atoms with Crippen molar-refractivity contribution in [2.45, 2.75) is 12.5 Å². The third kappa shape index (κ3) is 1.23. The molecule has 0 amide bonds. The summed E-state index contributed by atoms with van der Waals surface area (Å²) in [4.78, 5) is 0. The van der Waals surface area contributed by atoms with E-state index in [0.717, 1.165) is 6.61 Å². The van der Waals surface area contributed by atoms with Crippen molar-refractivity contribution in [1.82, 2.24) is 0 Å². The highest BCUT2D eigenvalue weighted by Gasteiger charge is 2.39. The summed E-state index contributed by atoms with van der Waals surface area (Å²) in [7, 11) is 0. The summed E-state index contributed by atoms with van der Waals surface area (Å²) >= 11 is 0. The Balaban J connectivity index is 2.09. The lowest BCUT2D eigenvalue weighted by atomic mass is 10.2.